The van der Waals surface area contributed by atoms with Crippen LogP contribution in [0.2, 0.25) is 0 Å². The molecule has 0 amide bonds. The maximum absolute atomic E-state index is 13.1. The fourth-order valence-corrected chi connectivity index (χ4v) is 2.81. The average molecular weight is 341 g/mol. The van der Waals surface area contributed by atoms with E-state index in [2.05, 4.69) is 0 Å². The summed E-state index contributed by atoms with van der Waals surface area (Å²) in [6, 6.07) is 4.85. The predicted octanol–water partition coefficient (Wildman–Crippen LogP) is 3.33. The van der Waals surface area contributed by atoms with Gasteiger partial charge in [-0.3, -0.25) is 9.59 Å². The third-order valence-corrected chi connectivity index (χ3v) is 4.53. The zero-order valence-electron chi connectivity index (χ0n) is 15.3. The smallest absolute Gasteiger partial charge is 0.233 e. The second-order valence-electron chi connectivity index (χ2n) is 5.66. The number of ether oxygens (including phenoxy) is 3. The van der Waals surface area contributed by atoms with E-state index < -0.39 is 0 Å². The van der Waals surface area contributed by atoms with E-state index in [1.165, 1.54) is 21.3 Å². The summed E-state index contributed by atoms with van der Waals surface area (Å²) in [5.41, 5.74) is 3.69. The molecule has 0 N–H and O–H groups in total. The molecular weight excluding hydrogens is 320 g/mol. The van der Waals surface area contributed by atoms with Crippen molar-refractivity contribution in [3.63, 3.8) is 0 Å². The van der Waals surface area contributed by atoms with Crippen molar-refractivity contribution >= 4 is 12.1 Å². The lowest BCUT2D eigenvalue weighted by Gasteiger charge is -2.17. The molecule has 25 heavy (non-hydrogen) atoms. The standard InChI is InChI=1S/C20H21O5/c1-11-12(2)14(10-21)9-16(13(11)3)18(22)15-7-8-17(23-4)20(25-6)19(15)24-5/h7-9H,1-6H3. The number of ketones is 1. The van der Waals surface area contributed by atoms with Crippen LogP contribution in [-0.2, 0) is 4.79 Å². The van der Waals surface area contributed by atoms with Gasteiger partial charge in [0.15, 0.2) is 17.3 Å². The first-order valence-electron chi connectivity index (χ1n) is 7.73. The molecule has 0 aliphatic rings. The monoisotopic (exact) mass is 341 g/mol. The summed E-state index contributed by atoms with van der Waals surface area (Å²) in [4.78, 5) is 24.4. The molecule has 0 aliphatic heterocycles. The van der Waals surface area contributed by atoms with Crippen molar-refractivity contribution in [2.75, 3.05) is 21.3 Å². The Bertz CT molecular complexity index is 837. The first-order chi connectivity index (χ1) is 11.9. The highest BCUT2D eigenvalue weighted by molar-refractivity contribution is 6.13. The molecule has 131 valence electrons. The molecule has 1 radical (unpaired) electrons. The Hall–Kier alpha value is -2.82. The maximum Gasteiger partial charge on any atom is 0.233 e. The van der Waals surface area contributed by atoms with Crippen molar-refractivity contribution in [3.8, 4) is 17.2 Å². The minimum absolute atomic E-state index is 0.255. The van der Waals surface area contributed by atoms with Crippen molar-refractivity contribution in [1.29, 1.82) is 0 Å². The summed E-state index contributed by atoms with van der Waals surface area (Å²) in [6.07, 6.45) is 1.90. The number of carbonyl (C=O) groups is 1. The van der Waals surface area contributed by atoms with E-state index in [-0.39, 0.29) is 5.78 Å². The fraction of sp³-hybridized carbons (Fsp3) is 0.300. The summed E-state index contributed by atoms with van der Waals surface area (Å²) in [5.74, 6) is 0.852. The lowest BCUT2D eigenvalue weighted by molar-refractivity contribution is 0.103. The van der Waals surface area contributed by atoms with Gasteiger partial charge in [-0.05, 0) is 55.7 Å². The topological polar surface area (TPSA) is 61.8 Å². The van der Waals surface area contributed by atoms with Crippen LogP contribution in [0.5, 0.6) is 17.2 Å². The van der Waals surface area contributed by atoms with Crippen molar-refractivity contribution in [2.45, 2.75) is 20.8 Å². The molecule has 5 nitrogen and oxygen atoms in total. The quantitative estimate of drug-likeness (QED) is 0.754. The molecule has 0 unspecified atom stereocenters. The first kappa shape index (κ1) is 18.5. The van der Waals surface area contributed by atoms with E-state index in [1.807, 2.05) is 27.1 Å². The second kappa shape index (κ2) is 7.38. The van der Waals surface area contributed by atoms with Crippen LogP contribution in [0.1, 0.15) is 38.2 Å². The van der Waals surface area contributed by atoms with Crippen LogP contribution in [0.4, 0.5) is 0 Å². The van der Waals surface area contributed by atoms with Crippen molar-refractivity contribution in [3.05, 3.63) is 51.6 Å². The summed E-state index contributed by atoms with van der Waals surface area (Å²) in [7, 11) is 4.46. The second-order valence-corrected chi connectivity index (χ2v) is 5.66. The molecule has 0 fully saturated rings. The van der Waals surface area contributed by atoms with Crippen LogP contribution in [0.15, 0.2) is 18.2 Å². The Morgan fingerprint density at radius 1 is 0.840 bits per heavy atom. The Morgan fingerprint density at radius 3 is 2.00 bits per heavy atom. The van der Waals surface area contributed by atoms with E-state index in [4.69, 9.17) is 14.2 Å². The summed E-state index contributed by atoms with van der Waals surface area (Å²) in [6.45, 7) is 5.58. The molecular formula is C20H21O5. The Balaban J connectivity index is 2.71. The Labute approximate surface area is 147 Å². The number of hydrogen-bond acceptors (Lipinski definition) is 5. The average Bonchev–Trinajstić information content (AvgIpc) is 2.64. The summed E-state index contributed by atoms with van der Waals surface area (Å²) in [5, 5.41) is 0. The molecule has 0 heterocycles. The van der Waals surface area contributed by atoms with Gasteiger partial charge in [-0.1, -0.05) is 0 Å². The summed E-state index contributed by atoms with van der Waals surface area (Å²) < 4.78 is 16.0. The third-order valence-electron chi connectivity index (χ3n) is 4.53. The first-order valence-corrected chi connectivity index (χ1v) is 7.73. The van der Waals surface area contributed by atoms with E-state index in [1.54, 1.807) is 18.2 Å². The van der Waals surface area contributed by atoms with Gasteiger partial charge in [-0.2, -0.15) is 0 Å². The zero-order chi connectivity index (χ0) is 18.7. The molecule has 0 aromatic heterocycles. The summed E-state index contributed by atoms with van der Waals surface area (Å²) >= 11 is 0. The van der Waals surface area contributed by atoms with E-state index in [0.29, 0.717) is 33.9 Å². The largest absolute Gasteiger partial charge is 0.493 e. The van der Waals surface area contributed by atoms with E-state index in [9.17, 15) is 9.59 Å². The van der Waals surface area contributed by atoms with Gasteiger partial charge in [0.25, 0.3) is 0 Å². The molecule has 2 aromatic carbocycles. The van der Waals surface area contributed by atoms with Gasteiger partial charge in [-0.25, -0.2) is 0 Å². The van der Waals surface area contributed by atoms with Gasteiger partial charge in [0.05, 0.1) is 26.9 Å². The van der Waals surface area contributed by atoms with Crippen LogP contribution < -0.4 is 14.2 Å². The SMILES string of the molecule is COc1ccc(C(=O)c2cc([C]=O)c(C)c(C)c2C)c(OC)c1OC. The highest BCUT2D eigenvalue weighted by Crippen LogP contribution is 2.41. The minimum atomic E-state index is -0.255. The van der Waals surface area contributed by atoms with Crippen molar-refractivity contribution in [1.82, 2.24) is 0 Å². The van der Waals surface area contributed by atoms with Crippen molar-refractivity contribution < 1.29 is 23.8 Å². The third kappa shape index (κ3) is 3.09. The van der Waals surface area contributed by atoms with E-state index in [0.717, 1.165) is 16.7 Å². The molecule has 0 saturated heterocycles. The zero-order valence-corrected chi connectivity index (χ0v) is 15.3. The highest BCUT2D eigenvalue weighted by atomic mass is 16.5. The predicted molar refractivity (Wildman–Crippen MR) is 95.0 cm³/mol. The fourth-order valence-electron chi connectivity index (χ4n) is 2.81. The normalized spacial score (nSPS) is 10.3. The van der Waals surface area contributed by atoms with Crippen LogP contribution in [0, 0.1) is 20.8 Å². The van der Waals surface area contributed by atoms with Gasteiger partial charge in [-0.15, -0.1) is 0 Å². The molecule has 5 heteroatoms. The molecule has 0 atom stereocenters. The van der Waals surface area contributed by atoms with Crippen molar-refractivity contribution in [2.24, 2.45) is 0 Å². The number of rotatable bonds is 6. The highest BCUT2D eigenvalue weighted by Gasteiger charge is 2.24. The van der Waals surface area contributed by atoms with Gasteiger partial charge in [0.2, 0.25) is 12.0 Å². The number of benzene rings is 2. The molecule has 0 saturated carbocycles. The van der Waals surface area contributed by atoms with Gasteiger partial charge in [0.1, 0.15) is 0 Å². The van der Waals surface area contributed by atoms with Gasteiger partial charge < -0.3 is 14.2 Å². The molecule has 0 spiro atoms. The van der Waals surface area contributed by atoms with Crippen LogP contribution in [0.3, 0.4) is 0 Å². The van der Waals surface area contributed by atoms with Crippen LogP contribution >= 0.6 is 0 Å². The van der Waals surface area contributed by atoms with Crippen LogP contribution in [0.25, 0.3) is 0 Å². The molecule has 2 aromatic rings. The Morgan fingerprint density at radius 2 is 1.48 bits per heavy atom. The van der Waals surface area contributed by atoms with Crippen LogP contribution in [-0.4, -0.2) is 33.4 Å². The molecule has 0 aliphatic carbocycles. The molecule has 2 rings (SSSR count). The number of hydrogen-bond donors (Lipinski definition) is 0. The lowest BCUT2D eigenvalue weighted by Crippen LogP contribution is -2.10. The number of methoxy groups -OCH3 is 3. The van der Waals surface area contributed by atoms with E-state index >= 15 is 0 Å². The lowest BCUT2D eigenvalue weighted by atomic mass is 9.90. The van der Waals surface area contributed by atoms with Gasteiger partial charge >= 0.3 is 0 Å². The minimum Gasteiger partial charge on any atom is -0.493 e. The Kier molecular flexibility index (Phi) is 5.47. The number of carbonyl (C=O) groups excluding carboxylic acids is 2. The van der Waals surface area contributed by atoms with Gasteiger partial charge in [0, 0.05) is 11.1 Å². The maximum atomic E-state index is 13.1. The molecule has 0 bridgehead atoms.